The quantitative estimate of drug-likeness (QED) is 0.0938. The van der Waals surface area contributed by atoms with Gasteiger partial charge in [0.25, 0.3) is 0 Å². The summed E-state index contributed by atoms with van der Waals surface area (Å²) in [7, 11) is 4.87. The van der Waals surface area contributed by atoms with Crippen LogP contribution in [0.3, 0.4) is 0 Å². The molecule has 2 heterocycles. The van der Waals surface area contributed by atoms with Gasteiger partial charge in [0.1, 0.15) is 53.5 Å². The molecule has 2 N–H and O–H groups in total. The van der Waals surface area contributed by atoms with E-state index in [9.17, 15) is 4.79 Å². The van der Waals surface area contributed by atoms with Gasteiger partial charge in [0.2, 0.25) is 0 Å². The Morgan fingerprint density at radius 1 is 0.520 bits per heavy atom. The third-order valence-corrected chi connectivity index (χ3v) is 7.75. The molecule has 0 aliphatic rings. The number of aromatic hydroxyl groups is 1. The van der Waals surface area contributed by atoms with E-state index in [0.717, 1.165) is 50.5 Å². The second kappa shape index (κ2) is 29.7. The van der Waals surface area contributed by atoms with Crippen molar-refractivity contribution in [1.29, 1.82) is 0 Å². The molecular formula is C37H43Br3N2O8. The highest BCUT2D eigenvalue weighted by Gasteiger charge is 1.97. The summed E-state index contributed by atoms with van der Waals surface area (Å²) in [5.41, 5.74) is 0.0405. The average molecular weight is 883 g/mol. The highest BCUT2D eigenvalue weighted by Crippen LogP contribution is 2.18. The maximum absolute atomic E-state index is 10.2. The first-order chi connectivity index (χ1) is 24.4. The standard InChI is InChI=1S/C14H15NO3.C9H11BrO2.C7H8O2.C5H5NO.C2H4Br2/c1-16-12-2-4-13(5-3-12)17-10-11-18-14-6-8-15-9-7-14;1-11-8-2-4-9(5-3-8)12-7-6-10;1-9-7-4-2-6(8)3-5-7;7-5-1-3-6-4-2-5;3-1-2-4/h2-9H,10-11H2,1H3;2-5H,6-7H2,1H3;2-5,8H,1H3;1-4H,(H,6,7);1-2H2. The number of H-pyrrole nitrogens is 1. The van der Waals surface area contributed by atoms with Crippen LogP contribution < -0.4 is 33.8 Å². The summed E-state index contributed by atoms with van der Waals surface area (Å²) in [4.78, 5) is 16.9. The first kappa shape index (κ1) is 43.8. The van der Waals surface area contributed by atoms with Crippen LogP contribution in [0.25, 0.3) is 0 Å². The van der Waals surface area contributed by atoms with Gasteiger partial charge in [-0.05, 0) is 84.9 Å². The number of aromatic nitrogens is 2. The Kier molecular flexibility index (Phi) is 26.0. The second-order valence-corrected chi connectivity index (χ2v) is 11.5. The number of benzene rings is 3. The van der Waals surface area contributed by atoms with Gasteiger partial charge in [0, 0.05) is 52.9 Å². The summed E-state index contributed by atoms with van der Waals surface area (Å²) in [5.74, 6) is 5.15. The highest BCUT2D eigenvalue weighted by molar-refractivity contribution is 9.12. The van der Waals surface area contributed by atoms with Crippen molar-refractivity contribution in [1.82, 2.24) is 9.97 Å². The van der Waals surface area contributed by atoms with E-state index in [2.05, 4.69) is 57.8 Å². The molecule has 10 nitrogen and oxygen atoms in total. The zero-order valence-corrected chi connectivity index (χ0v) is 32.9. The smallest absolute Gasteiger partial charge is 0.181 e. The third kappa shape index (κ3) is 22.4. The van der Waals surface area contributed by atoms with Crippen LogP contribution in [0.5, 0.6) is 40.2 Å². The van der Waals surface area contributed by atoms with Gasteiger partial charge in [0.05, 0.1) is 27.9 Å². The minimum absolute atomic E-state index is 0.0405. The van der Waals surface area contributed by atoms with Gasteiger partial charge in [-0.15, -0.1) is 0 Å². The van der Waals surface area contributed by atoms with Gasteiger partial charge in [-0.25, -0.2) is 0 Å². The van der Waals surface area contributed by atoms with Crippen molar-refractivity contribution in [2.45, 2.75) is 0 Å². The highest BCUT2D eigenvalue weighted by atomic mass is 79.9. The number of hydrogen-bond acceptors (Lipinski definition) is 9. The monoisotopic (exact) mass is 880 g/mol. The number of phenols is 1. The van der Waals surface area contributed by atoms with E-state index in [4.69, 9.17) is 33.5 Å². The molecule has 0 fully saturated rings. The maximum Gasteiger partial charge on any atom is 0.181 e. The number of ether oxygens (including phenoxy) is 6. The number of nitrogens with one attached hydrogen (secondary N) is 1. The number of phenolic OH excluding ortho intramolecular Hbond substituents is 1. The van der Waals surface area contributed by atoms with E-state index >= 15 is 0 Å². The molecule has 3 aromatic carbocycles. The molecular weight excluding hydrogens is 840 g/mol. The van der Waals surface area contributed by atoms with Gasteiger partial charge in [-0.1, -0.05) is 47.8 Å². The summed E-state index contributed by atoms with van der Waals surface area (Å²) in [5, 5.41) is 11.7. The Hall–Kier alpha value is -4.20. The number of hydrogen-bond donors (Lipinski definition) is 2. The van der Waals surface area contributed by atoms with Crippen molar-refractivity contribution in [2.24, 2.45) is 0 Å². The number of pyridine rings is 2. The second-order valence-electron chi connectivity index (χ2n) is 9.08. The molecule has 13 heteroatoms. The first-order valence-electron chi connectivity index (χ1n) is 15.1. The number of aromatic amines is 1. The fourth-order valence-electron chi connectivity index (χ4n) is 3.21. The van der Waals surface area contributed by atoms with Crippen molar-refractivity contribution < 1.29 is 33.5 Å². The molecule has 0 amide bonds. The van der Waals surface area contributed by atoms with Crippen LogP contribution in [0, 0.1) is 0 Å². The van der Waals surface area contributed by atoms with E-state index in [1.807, 2.05) is 60.7 Å². The van der Waals surface area contributed by atoms with Crippen LogP contribution in [0.2, 0.25) is 0 Å². The molecule has 5 aromatic rings. The molecule has 0 unspecified atom stereocenters. The van der Waals surface area contributed by atoms with Crippen LogP contribution in [-0.4, -0.2) is 72.2 Å². The first-order valence-corrected chi connectivity index (χ1v) is 18.5. The third-order valence-electron chi connectivity index (χ3n) is 5.57. The van der Waals surface area contributed by atoms with Gasteiger partial charge in [-0.3, -0.25) is 9.78 Å². The largest absolute Gasteiger partial charge is 0.508 e. The maximum atomic E-state index is 10.2. The van der Waals surface area contributed by atoms with Crippen molar-refractivity contribution in [3.8, 4) is 40.2 Å². The van der Waals surface area contributed by atoms with Crippen molar-refractivity contribution in [3.05, 3.63) is 132 Å². The van der Waals surface area contributed by atoms with Gasteiger partial charge in [0.15, 0.2) is 5.43 Å². The van der Waals surface area contributed by atoms with E-state index < -0.39 is 0 Å². The van der Waals surface area contributed by atoms with Crippen LogP contribution in [0.15, 0.2) is 127 Å². The lowest BCUT2D eigenvalue weighted by molar-refractivity contribution is 0.217. The number of rotatable bonds is 12. The molecule has 50 heavy (non-hydrogen) atoms. The summed E-state index contributed by atoms with van der Waals surface area (Å²) in [6.07, 6.45) is 6.59. The predicted octanol–water partition coefficient (Wildman–Crippen LogP) is 8.57. The van der Waals surface area contributed by atoms with Crippen LogP contribution in [-0.2, 0) is 0 Å². The Morgan fingerprint density at radius 3 is 1.22 bits per heavy atom. The van der Waals surface area contributed by atoms with Gasteiger partial charge >= 0.3 is 0 Å². The number of methoxy groups -OCH3 is 3. The van der Waals surface area contributed by atoms with Crippen molar-refractivity contribution in [3.63, 3.8) is 0 Å². The molecule has 270 valence electrons. The normalized spacial score (nSPS) is 9.24. The van der Waals surface area contributed by atoms with E-state index in [1.54, 1.807) is 70.4 Å². The topological polar surface area (TPSA) is 121 Å². The van der Waals surface area contributed by atoms with E-state index in [1.165, 1.54) is 12.1 Å². The molecule has 0 bridgehead atoms. The molecule has 0 aliphatic carbocycles. The van der Waals surface area contributed by atoms with Crippen LogP contribution >= 0.6 is 47.8 Å². The number of halogens is 3. The Balaban J connectivity index is 0.000000339. The lowest BCUT2D eigenvalue weighted by Gasteiger charge is -2.08. The van der Waals surface area contributed by atoms with E-state index in [-0.39, 0.29) is 11.2 Å². The summed E-state index contributed by atoms with van der Waals surface area (Å²) >= 11 is 9.69. The summed E-state index contributed by atoms with van der Waals surface area (Å²) < 4.78 is 31.3. The fraction of sp³-hybridized carbons (Fsp3) is 0.243. The lowest BCUT2D eigenvalue weighted by atomic mass is 10.3. The average Bonchev–Trinajstić information content (AvgIpc) is 3.18. The Bertz CT molecular complexity index is 1530. The Labute approximate surface area is 319 Å². The molecule has 5 rings (SSSR count). The summed E-state index contributed by atoms with van der Waals surface area (Å²) in [6, 6.07) is 28.1. The SMILES string of the molecule is BrCCBr.COc1ccc(O)cc1.COc1ccc(OCCBr)cc1.COc1ccc(OCCOc2ccncc2)cc1.O=c1cc[nH]cc1. The zero-order valence-electron chi connectivity index (χ0n) is 28.2. The number of nitrogens with zero attached hydrogens (tertiary/aromatic N) is 1. The van der Waals surface area contributed by atoms with Gasteiger partial charge < -0.3 is 38.5 Å². The molecule has 0 aliphatic heterocycles. The van der Waals surface area contributed by atoms with Gasteiger partial charge in [-0.2, -0.15) is 0 Å². The minimum Gasteiger partial charge on any atom is -0.508 e. The predicted molar refractivity (Wildman–Crippen MR) is 210 cm³/mol. The molecule has 2 aromatic heterocycles. The molecule has 0 saturated heterocycles. The zero-order chi connectivity index (χ0) is 36.7. The van der Waals surface area contributed by atoms with Crippen molar-refractivity contribution in [2.75, 3.05) is 57.1 Å². The molecule has 0 radical (unpaired) electrons. The molecule has 0 atom stereocenters. The lowest BCUT2D eigenvalue weighted by Crippen LogP contribution is -2.08. The fourth-order valence-corrected chi connectivity index (χ4v) is 3.37. The number of alkyl halides is 3. The minimum atomic E-state index is 0.0405. The van der Waals surface area contributed by atoms with Crippen LogP contribution in [0.4, 0.5) is 0 Å². The summed E-state index contributed by atoms with van der Waals surface area (Å²) in [6.45, 7) is 1.68. The van der Waals surface area contributed by atoms with Crippen molar-refractivity contribution >= 4 is 47.8 Å². The molecule has 0 saturated carbocycles. The van der Waals surface area contributed by atoms with E-state index in [0.29, 0.717) is 19.8 Å². The van der Waals surface area contributed by atoms with Crippen LogP contribution in [0.1, 0.15) is 0 Å². The Morgan fingerprint density at radius 2 is 0.880 bits per heavy atom. The molecule has 0 spiro atoms.